The van der Waals surface area contributed by atoms with E-state index in [9.17, 15) is 9.90 Å². The monoisotopic (exact) mass is 420 g/mol. The minimum absolute atomic E-state index is 0.0216. The van der Waals surface area contributed by atoms with Crippen molar-refractivity contribution in [3.63, 3.8) is 0 Å². The molecule has 0 amide bonds. The van der Waals surface area contributed by atoms with Crippen molar-refractivity contribution < 1.29 is 28.5 Å². The number of benzene rings is 2. The molecule has 5 rings (SSSR count). The molecule has 3 heterocycles. The first kappa shape index (κ1) is 19.0. The van der Waals surface area contributed by atoms with Crippen molar-refractivity contribution >= 4 is 11.7 Å². The van der Waals surface area contributed by atoms with Crippen LogP contribution in [-0.4, -0.2) is 36.0 Å². The zero-order valence-electron chi connectivity index (χ0n) is 16.9. The van der Waals surface area contributed by atoms with Crippen LogP contribution in [0.3, 0.4) is 0 Å². The maximum Gasteiger partial charge on any atom is 0.340 e. The first-order chi connectivity index (χ1) is 15.1. The summed E-state index contributed by atoms with van der Waals surface area (Å²) in [5.74, 6) is 0.699. The molecule has 8 nitrogen and oxygen atoms in total. The molecule has 0 spiro atoms. The summed E-state index contributed by atoms with van der Waals surface area (Å²) >= 11 is 0. The number of hydrazone groups is 1. The molecule has 0 aliphatic carbocycles. The number of carboxylic acid groups (broad SMARTS) is 1. The summed E-state index contributed by atoms with van der Waals surface area (Å²) in [7, 11) is 2.88. The number of para-hydroxylation sites is 1. The molecule has 31 heavy (non-hydrogen) atoms. The number of ether oxygens (including phenoxy) is 3. The van der Waals surface area contributed by atoms with Gasteiger partial charge in [-0.25, -0.2) is 9.80 Å². The SMILES string of the molecule is COc1ccc([C@@H]2Oc3ccccc3[C@@H]3CC(c4ccco4)=NN32)c(C(=O)O)c1OC. The summed E-state index contributed by atoms with van der Waals surface area (Å²) in [4.78, 5) is 12.2. The van der Waals surface area contributed by atoms with Gasteiger partial charge in [0, 0.05) is 17.5 Å². The van der Waals surface area contributed by atoms with E-state index >= 15 is 0 Å². The molecular formula is C23H20N2O6. The Morgan fingerprint density at radius 3 is 2.65 bits per heavy atom. The van der Waals surface area contributed by atoms with Crippen LogP contribution >= 0.6 is 0 Å². The van der Waals surface area contributed by atoms with Crippen molar-refractivity contribution in [3.8, 4) is 17.2 Å². The molecule has 158 valence electrons. The molecule has 0 saturated carbocycles. The highest BCUT2D eigenvalue weighted by Crippen LogP contribution is 2.49. The normalized spacial score (nSPS) is 19.2. The number of carboxylic acids is 1. The summed E-state index contributed by atoms with van der Waals surface area (Å²) in [6.45, 7) is 0. The van der Waals surface area contributed by atoms with Gasteiger partial charge in [0.2, 0.25) is 6.23 Å². The van der Waals surface area contributed by atoms with Crippen LogP contribution in [0.1, 0.15) is 45.9 Å². The van der Waals surface area contributed by atoms with Gasteiger partial charge in [-0.15, -0.1) is 0 Å². The standard InChI is InChI=1S/C23H20N2O6/c1-28-19-10-9-14(20(23(26)27)21(19)29-2)22-25-16(13-6-3-4-7-17(13)31-22)12-15(24-25)18-8-5-11-30-18/h3-11,16,22H,12H2,1-2H3,(H,26,27)/t16-,22-/m0/s1. The third-order valence-corrected chi connectivity index (χ3v) is 5.56. The van der Waals surface area contributed by atoms with E-state index in [1.165, 1.54) is 14.2 Å². The lowest BCUT2D eigenvalue weighted by molar-refractivity contribution is -0.0199. The molecule has 2 aromatic carbocycles. The number of carbonyl (C=O) groups is 1. The first-order valence-corrected chi connectivity index (χ1v) is 9.75. The first-order valence-electron chi connectivity index (χ1n) is 9.75. The average Bonchev–Trinajstić information content (AvgIpc) is 3.47. The largest absolute Gasteiger partial charge is 0.493 e. The minimum Gasteiger partial charge on any atom is -0.493 e. The molecule has 8 heteroatoms. The van der Waals surface area contributed by atoms with Crippen LogP contribution in [0.25, 0.3) is 0 Å². The van der Waals surface area contributed by atoms with E-state index in [0.717, 1.165) is 11.3 Å². The topological polar surface area (TPSA) is 93.7 Å². The van der Waals surface area contributed by atoms with E-state index in [0.29, 0.717) is 29.2 Å². The van der Waals surface area contributed by atoms with E-state index in [1.54, 1.807) is 23.4 Å². The molecule has 0 saturated heterocycles. The van der Waals surface area contributed by atoms with Crippen molar-refractivity contribution in [1.29, 1.82) is 0 Å². The highest BCUT2D eigenvalue weighted by molar-refractivity contribution is 5.99. The van der Waals surface area contributed by atoms with Gasteiger partial charge >= 0.3 is 5.97 Å². The second-order valence-corrected chi connectivity index (χ2v) is 7.20. The molecule has 0 radical (unpaired) electrons. The number of rotatable bonds is 5. The number of aromatic carboxylic acids is 1. The number of methoxy groups -OCH3 is 2. The predicted octanol–water partition coefficient (Wildman–Crippen LogP) is 4.24. The van der Waals surface area contributed by atoms with Crippen LogP contribution in [0, 0.1) is 0 Å². The zero-order valence-corrected chi connectivity index (χ0v) is 16.9. The third-order valence-electron chi connectivity index (χ3n) is 5.56. The predicted molar refractivity (Wildman–Crippen MR) is 111 cm³/mol. The number of fused-ring (bicyclic) bond motifs is 3. The van der Waals surface area contributed by atoms with Gasteiger partial charge in [0.1, 0.15) is 22.8 Å². The summed E-state index contributed by atoms with van der Waals surface area (Å²) in [6.07, 6.45) is 1.45. The highest BCUT2D eigenvalue weighted by atomic mass is 16.5. The van der Waals surface area contributed by atoms with Gasteiger partial charge in [0.25, 0.3) is 0 Å². The molecule has 1 N–H and O–H groups in total. The van der Waals surface area contributed by atoms with E-state index in [4.69, 9.17) is 23.7 Å². The lowest BCUT2D eigenvalue weighted by Crippen LogP contribution is -2.34. The zero-order chi connectivity index (χ0) is 21.5. The Morgan fingerprint density at radius 1 is 1.10 bits per heavy atom. The molecule has 1 aromatic heterocycles. The van der Waals surface area contributed by atoms with Crippen molar-refractivity contribution in [2.75, 3.05) is 14.2 Å². The molecular weight excluding hydrogens is 400 g/mol. The Hall–Kier alpha value is -3.94. The summed E-state index contributed by atoms with van der Waals surface area (Å²) in [6, 6.07) is 14.6. The average molecular weight is 420 g/mol. The second kappa shape index (κ2) is 7.39. The van der Waals surface area contributed by atoms with Gasteiger partial charge in [-0.2, -0.15) is 5.10 Å². The molecule has 0 unspecified atom stereocenters. The van der Waals surface area contributed by atoms with Crippen molar-refractivity contribution in [3.05, 3.63) is 77.2 Å². The van der Waals surface area contributed by atoms with Crippen molar-refractivity contribution in [1.82, 2.24) is 5.01 Å². The fraction of sp³-hybridized carbons (Fsp3) is 0.217. The van der Waals surface area contributed by atoms with E-state index < -0.39 is 12.2 Å². The van der Waals surface area contributed by atoms with E-state index in [-0.39, 0.29) is 17.4 Å². The number of furan rings is 1. The molecule has 0 fully saturated rings. The molecule has 0 bridgehead atoms. The Kier molecular flexibility index (Phi) is 4.54. The highest BCUT2D eigenvalue weighted by Gasteiger charge is 2.43. The lowest BCUT2D eigenvalue weighted by atomic mass is 9.96. The Morgan fingerprint density at radius 2 is 1.94 bits per heavy atom. The third kappa shape index (κ3) is 2.99. The molecule has 2 aliphatic rings. The fourth-order valence-corrected chi connectivity index (χ4v) is 4.20. The van der Waals surface area contributed by atoms with Crippen LogP contribution in [0.5, 0.6) is 17.2 Å². The Bertz CT molecular complexity index is 1170. The smallest absolute Gasteiger partial charge is 0.340 e. The van der Waals surface area contributed by atoms with Crippen LogP contribution in [0.2, 0.25) is 0 Å². The van der Waals surface area contributed by atoms with Crippen molar-refractivity contribution in [2.24, 2.45) is 5.10 Å². The van der Waals surface area contributed by atoms with Gasteiger partial charge < -0.3 is 23.7 Å². The van der Waals surface area contributed by atoms with Gasteiger partial charge in [-0.1, -0.05) is 18.2 Å². The fourth-order valence-electron chi connectivity index (χ4n) is 4.20. The second-order valence-electron chi connectivity index (χ2n) is 7.20. The van der Waals surface area contributed by atoms with Gasteiger partial charge in [0.15, 0.2) is 11.5 Å². The van der Waals surface area contributed by atoms with Gasteiger partial charge in [-0.3, -0.25) is 0 Å². The van der Waals surface area contributed by atoms with E-state index in [1.807, 2.05) is 36.4 Å². The Balaban J connectivity index is 1.68. The lowest BCUT2D eigenvalue weighted by Gasteiger charge is -2.38. The van der Waals surface area contributed by atoms with Gasteiger partial charge in [0.05, 0.1) is 26.5 Å². The molecule has 2 atom stereocenters. The summed E-state index contributed by atoms with van der Waals surface area (Å²) in [5, 5.41) is 16.6. The summed E-state index contributed by atoms with van der Waals surface area (Å²) < 4.78 is 22.5. The molecule has 2 aliphatic heterocycles. The van der Waals surface area contributed by atoms with Crippen LogP contribution in [0.15, 0.2) is 64.3 Å². The molecule has 3 aromatic rings. The minimum atomic E-state index is -1.14. The summed E-state index contributed by atoms with van der Waals surface area (Å²) in [5.41, 5.74) is 2.17. The maximum atomic E-state index is 12.2. The van der Waals surface area contributed by atoms with Crippen LogP contribution < -0.4 is 14.2 Å². The van der Waals surface area contributed by atoms with Crippen LogP contribution in [-0.2, 0) is 0 Å². The Labute approximate surface area is 178 Å². The van der Waals surface area contributed by atoms with Gasteiger partial charge in [-0.05, 0) is 30.3 Å². The van der Waals surface area contributed by atoms with Crippen LogP contribution in [0.4, 0.5) is 0 Å². The number of hydrogen-bond acceptors (Lipinski definition) is 7. The number of nitrogens with zero attached hydrogens (tertiary/aromatic N) is 2. The van der Waals surface area contributed by atoms with Crippen molar-refractivity contribution in [2.45, 2.75) is 18.7 Å². The van der Waals surface area contributed by atoms with E-state index in [2.05, 4.69) is 0 Å². The number of hydrogen-bond donors (Lipinski definition) is 1. The quantitative estimate of drug-likeness (QED) is 0.660. The maximum absolute atomic E-state index is 12.2.